The SMILES string of the molecule is CCCCOc1ccc(-n2nnc3cnc(Nc4cnn(CC)c4)nc32)cn1. The molecule has 0 aliphatic heterocycles. The van der Waals surface area contributed by atoms with Crippen LogP contribution in [0, 0.1) is 0 Å². The molecule has 1 N–H and O–H groups in total. The van der Waals surface area contributed by atoms with E-state index >= 15 is 0 Å². The van der Waals surface area contributed by atoms with Crippen LogP contribution in [0.1, 0.15) is 26.7 Å². The zero-order valence-corrected chi connectivity index (χ0v) is 15.8. The number of unbranched alkanes of at least 4 members (excludes halogenated alkanes) is 1. The monoisotopic (exact) mass is 379 g/mol. The van der Waals surface area contributed by atoms with Gasteiger partial charge in [-0.1, -0.05) is 18.6 Å². The lowest BCUT2D eigenvalue weighted by Crippen LogP contribution is -2.03. The van der Waals surface area contributed by atoms with Crippen molar-refractivity contribution in [1.29, 1.82) is 0 Å². The molecule has 0 aliphatic rings. The second-order valence-electron chi connectivity index (χ2n) is 6.17. The lowest BCUT2D eigenvalue weighted by molar-refractivity contribution is 0.298. The summed E-state index contributed by atoms with van der Waals surface area (Å²) in [6.07, 6.45) is 9.03. The molecule has 0 bridgehead atoms. The Morgan fingerprint density at radius 3 is 2.79 bits per heavy atom. The van der Waals surface area contributed by atoms with E-state index in [-0.39, 0.29) is 0 Å². The molecule has 0 spiro atoms. The van der Waals surface area contributed by atoms with Crippen LogP contribution in [0.3, 0.4) is 0 Å². The highest BCUT2D eigenvalue weighted by molar-refractivity contribution is 5.72. The zero-order chi connectivity index (χ0) is 19.3. The van der Waals surface area contributed by atoms with Crippen molar-refractivity contribution in [2.45, 2.75) is 33.2 Å². The first-order chi connectivity index (χ1) is 13.8. The summed E-state index contributed by atoms with van der Waals surface area (Å²) < 4.78 is 9.05. The van der Waals surface area contributed by atoms with Gasteiger partial charge in [0.1, 0.15) is 0 Å². The Bertz CT molecular complexity index is 1050. The van der Waals surface area contributed by atoms with Crippen molar-refractivity contribution in [2.24, 2.45) is 0 Å². The number of rotatable bonds is 8. The molecule has 10 heteroatoms. The number of aromatic nitrogens is 8. The van der Waals surface area contributed by atoms with Gasteiger partial charge in [-0.05, 0) is 19.4 Å². The minimum absolute atomic E-state index is 0.444. The molecule has 4 aromatic rings. The van der Waals surface area contributed by atoms with Gasteiger partial charge in [-0.3, -0.25) is 4.68 Å². The number of pyridine rings is 1. The minimum Gasteiger partial charge on any atom is -0.478 e. The molecule has 0 aliphatic carbocycles. The van der Waals surface area contributed by atoms with Gasteiger partial charge < -0.3 is 10.1 Å². The van der Waals surface area contributed by atoms with Gasteiger partial charge >= 0.3 is 0 Å². The van der Waals surface area contributed by atoms with Crippen LogP contribution in [-0.4, -0.2) is 46.3 Å². The number of nitrogens with zero attached hydrogens (tertiary/aromatic N) is 8. The lowest BCUT2D eigenvalue weighted by Gasteiger charge is -2.06. The standard InChI is InChI=1S/C18H21N9O/c1-3-5-8-28-16-7-6-14(10-19-16)27-17-15(24-25-27)11-20-18(23-17)22-13-9-21-26(4-2)12-13/h6-7,9-12H,3-5,8H2,1-2H3,(H,20,22,23). The zero-order valence-electron chi connectivity index (χ0n) is 15.8. The number of hydrogen-bond donors (Lipinski definition) is 1. The smallest absolute Gasteiger partial charge is 0.229 e. The van der Waals surface area contributed by atoms with Crippen molar-refractivity contribution in [1.82, 2.24) is 39.7 Å². The number of fused-ring (bicyclic) bond motifs is 1. The largest absolute Gasteiger partial charge is 0.478 e. The normalized spacial score (nSPS) is 11.1. The highest BCUT2D eigenvalue weighted by Gasteiger charge is 2.11. The molecule has 4 aromatic heterocycles. The molecule has 0 unspecified atom stereocenters. The highest BCUT2D eigenvalue weighted by atomic mass is 16.5. The van der Waals surface area contributed by atoms with Crippen LogP contribution in [0.4, 0.5) is 11.6 Å². The highest BCUT2D eigenvalue weighted by Crippen LogP contribution is 2.18. The van der Waals surface area contributed by atoms with Gasteiger partial charge in [0.2, 0.25) is 11.8 Å². The van der Waals surface area contributed by atoms with Crippen LogP contribution in [-0.2, 0) is 6.54 Å². The maximum atomic E-state index is 5.60. The van der Waals surface area contributed by atoms with E-state index in [9.17, 15) is 0 Å². The van der Waals surface area contributed by atoms with E-state index in [4.69, 9.17) is 4.74 Å². The Morgan fingerprint density at radius 2 is 2.04 bits per heavy atom. The minimum atomic E-state index is 0.444. The van der Waals surface area contributed by atoms with E-state index in [1.54, 1.807) is 23.3 Å². The Kier molecular flexibility index (Phi) is 5.09. The van der Waals surface area contributed by atoms with E-state index < -0.39 is 0 Å². The predicted molar refractivity (Wildman–Crippen MR) is 104 cm³/mol. The first kappa shape index (κ1) is 17.8. The number of nitrogens with one attached hydrogen (secondary N) is 1. The summed E-state index contributed by atoms with van der Waals surface area (Å²) in [7, 11) is 0. The molecule has 4 rings (SSSR count). The molecule has 0 aromatic carbocycles. The Labute approximate surface area is 161 Å². The molecule has 4 heterocycles. The molecule has 10 nitrogen and oxygen atoms in total. The van der Waals surface area contributed by atoms with Gasteiger partial charge in [-0.2, -0.15) is 14.8 Å². The molecule has 0 radical (unpaired) electrons. The molecule has 0 amide bonds. The fraction of sp³-hybridized carbons (Fsp3) is 0.333. The third kappa shape index (κ3) is 3.75. The fourth-order valence-electron chi connectivity index (χ4n) is 2.60. The van der Waals surface area contributed by atoms with Crippen LogP contribution < -0.4 is 10.1 Å². The number of ether oxygens (including phenoxy) is 1. The Morgan fingerprint density at radius 1 is 1.11 bits per heavy atom. The Balaban J connectivity index is 1.57. The molecule has 0 saturated heterocycles. The second kappa shape index (κ2) is 7.99. The van der Waals surface area contributed by atoms with Crippen LogP contribution in [0.2, 0.25) is 0 Å². The van der Waals surface area contributed by atoms with Crippen molar-refractivity contribution < 1.29 is 4.74 Å². The summed E-state index contributed by atoms with van der Waals surface area (Å²) in [5.74, 6) is 1.03. The average molecular weight is 379 g/mol. The molecule has 0 fully saturated rings. The molecule has 144 valence electrons. The molecule has 0 atom stereocenters. The van der Waals surface area contributed by atoms with E-state index in [1.165, 1.54) is 0 Å². The summed E-state index contributed by atoms with van der Waals surface area (Å²) in [4.78, 5) is 13.2. The molecule has 28 heavy (non-hydrogen) atoms. The van der Waals surface area contributed by atoms with E-state index in [1.807, 2.05) is 29.9 Å². The van der Waals surface area contributed by atoms with Crippen LogP contribution >= 0.6 is 0 Å². The third-order valence-corrected chi connectivity index (χ3v) is 4.12. The summed E-state index contributed by atoms with van der Waals surface area (Å²) in [5.41, 5.74) is 2.74. The fourth-order valence-corrected chi connectivity index (χ4v) is 2.60. The van der Waals surface area contributed by atoms with Gasteiger partial charge in [-0.15, -0.1) is 5.10 Å². The van der Waals surface area contributed by atoms with Gasteiger partial charge in [0.05, 0.1) is 36.6 Å². The summed E-state index contributed by atoms with van der Waals surface area (Å²) in [6, 6.07) is 3.70. The summed E-state index contributed by atoms with van der Waals surface area (Å²) in [5, 5.41) is 15.7. The van der Waals surface area contributed by atoms with Crippen molar-refractivity contribution in [3.8, 4) is 11.6 Å². The second-order valence-corrected chi connectivity index (χ2v) is 6.17. The Hall–Kier alpha value is -3.56. The molecular formula is C18H21N9O. The number of hydrogen-bond acceptors (Lipinski definition) is 8. The maximum absolute atomic E-state index is 5.60. The first-order valence-corrected chi connectivity index (χ1v) is 9.24. The topological polar surface area (TPSA) is 108 Å². The van der Waals surface area contributed by atoms with E-state index in [2.05, 4.69) is 42.6 Å². The van der Waals surface area contributed by atoms with Gasteiger partial charge in [-0.25, -0.2) is 9.97 Å². The van der Waals surface area contributed by atoms with Crippen LogP contribution in [0.15, 0.2) is 36.9 Å². The van der Waals surface area contributed by atoms with Crippen molar-refractivity contribution in [2.75, 3.05) is 11.9 Å². The van der Waals surface area contributed by atoms with Gasteiger partial charge in [0, 0.05) is 18.8 Å². The molecular weight excluding hydrogens is 358 g/mol. The first-order valence-electron chi connectivity index (χ1n) is 9.24. The van der Waals surface area contributed by atoms with Crippen molar-refractivity contribution in [3.05, 3.63) is 36.9 Å². The number of anilines is 2. The van der Waals surface area contributed by atoms with Gasteiger partial charge in [0.15, 0.2) is 11.2 Å². The average Bonchev–Trinajstić information content (AvgIpc) is 3.35. The van der Waals surface area contributed by atoms with Crippen LogP contribution in [0.25, 0.3) is 16.9 Å². The van der Waals surface area contributed by atoms with E-state index in [0.29, 0.717) is 29.6 Å². The van der Waals surface area contributed by atoms with Crippen molar-refractivity contribution in [3.63, 3.8) is 0 Å². The van der Waals surface area contributed by atoms with Crippen LogP contribution in [0.5, 0.6) is 5.88 Å². The predicted octanol–water partition coefficient (Wildman–Crippen LogP) is 2.74. The van der Waals surface area contributed by atoms with Gasteiger partial charge in [0.25, 0.3) is 0 Å². The summed E-state index contributed by atoms with van der Waals surface area (Å²) >= 11 is 0. The van der Waals surface area contributed by atoms with E-state index in [0.717, 1.165) is 30.8 Å². The summed E-state index contributed by atoms with van der Waals surface area (Å²) in [6.45, 7) is 5.60. The number of aryl methyl sites for hydroxylation is 1. The van der Waals surface area contributed by atoms with Crippen molar-refractivity contribution >= 4 is 22.8 Å². The lowest BCUT2D eigenvalue weighted by atomic mass is 10.3. The maximum Gasteiger partial charge on any atom is 0.229 e. The third-order valence-electron chi connectivity index (χ3n) is 4.12. The quantitative estimate of drug-likeness (QED) is 0.466. The molecule has 0 saturated carbocycles.